The molecule has 9 nitrogen and oxygen atoms in total. The second-order valence-electron chi connectivity index (χ2n) is 20.5. The van der Waals surface area contributed by atoms with Crippen LogP contribution in [-0.4, -0.2) is 52.0 Å². The van der Waals surface area contributed by atoms with Crippen molar-refractivity contribution in [2.45, 2.75) is 159 Å². The second kappa shape index (κ2) is 12.7. The van der Waals surface area contributed by atoms with Gasteiger partial charge in [-0.3, -0.25) is 19.2 Å². The third kappa shape index (κ3) is 6.28. The van der Waals surface area contributed by atoms with E-state index in [-0.39, 0.29) is 69.5 Å². The lowest BCUT2D eigenvalue weighted by Crippen LogP contribution is -2.67. The number of hydrogen-bond acceptors (Lipinski definition) is 6. The van der Waals surface area contributed by atoms with Gasteiger partial charge in [0, 0.05) is 16.7 Å². The highest BCUT2D eigenvalue weighted by Gasteiger charge is 2.70. The summed E-state index contributed by atoms with van der Waals surface area (Å²) in [5.41, 5.74) is -2.06. The van der Waals surface area contributed by atoms with Crippen LogP contribution in [0.5, 0.6) is 0 Å². The van der Waals surface area contributed by atoms with Gasteiger partial charge in [-0.05, 0) is 124 Å². The lowest BCUT2D eigenvalue weighted by molar-refractivity contribution is -0.211. The number of carbonyl (C=O) groups excluding carboxylic acids is 3. The molecule has 0 heterocycles. The summed E-state index contributed by atoms with van der Waals surface area (Å²) in [4.78, 5) is 65.6. The molecule has 0 spiro atoms. The fourth-order valence-corrected chi connectivity index (χ4v) is 12.2. The normalized spacial score (nSPS) is 40.8. The molecule has 5 rings (SSSR count). The summed E-state index contributed by atoms with van der Waals surface area (Å²) >= 11 is 0. The van der Waals surface area contributed by atoms with E-state index < -0.39 is 40.2 Å². The summed E-state index contributed by atoms with van der Waals surface area (Å²) in [7, 11) is 0. The molecule has 0 aromatic heterocycles. The Balaban J connectivity index is 1.44. The van der Waals surface area contributed by atoms with Crippen molar-refractivity contribution >= 4 is 29.6 Å². The zero-order valence-electron chi connectivity index (χ0n) is 33.2. The molecule has 0 unspecified atom stereocenters. The molecule has 286 valence electrons. The number of allylic oxidation sites excluding steroid dienone is 2. The zero-order chi connectivity index (χ0) is 38.3. The van der Waals surface area contributed by atoms with Crippen LogP contribution in [0.1, 0.15) is 147 Å². The average Bonchev–Trinajstić information content (AvgIpc) is 2.99. The Labute approximate surface area is 305 Å². The maximum Gasteiger partial charge on any atom is 0.326 e. The van der Waals surface area contributed by atoms with Crippen LogP contribution in [-0.2, 0) is 28.7 Å². The van der Waals surface area contributed by atoms with Gasteiger partial charge >= 0.3 is 17.9 Å². The minimum atomic E-state index is -1.21. The predicted octanol–water partition coefficient (Wildman–Crippen LogP) is 8.00. The van der Waals surface area contributed by atoms with Crippen LogP contribution in [0, 0.1) is 61.6 Å². The number of ketones is 1. The van der Waals surface area contributed by atoms with Gasteiger partial charge in [-0.1, -0.05) is 67.9 Å². The molecule has 3 N–H and O–H groups in total. The highest BCUT2D eigenvalue weighted by atomic mass is 16.5. The van der Waals surface area contributed by atoms with Crippen LogP contribution in [0.3, 0.4) is 0 Å². The van der Waals surface area contributed by atoms with E-state index in [1.54, 1.807) is 0 Å². The van der Waals surface area contributed by atoms with E-state index in [1.165, 1.54) is 19.4 Å². The minimum Gasteiger partial charge on any atom is -0.481 e. The van der Waals surface area contributed by atoms with E-state index in [1.807, 2.05) is 26.8 Å². The molecule has 1 amide bonds. The first-order valence-electron chi connectivity index (χ1n) is 19.5. The monoisotopic (exact) mass is 711 g/mol. The fourth-order valence-electron chi connectivity index (χ4n) is 12.2. The van der Waals surface area contributed by atoms with Gasteiger partial charge in [-0.25, -0.2) is 4.79 Å². The lowest BCUT2D eigenvalue weighted by atomic mass is 9.33. The van der Waals surface area contributed by atoms with Gasteiger partial charge in [0.1, 0.15) is 12.1 Å². The number of fused-ring (bicyclic) bond motifs is 7. The van der Waals surface area contributed by atoms with Crippen molar-refractivity contribution in [2.75, 3.05) is 0 Å². The Morgan fingerprint density at radius 3 is 2.14 bits per heavy atom. The molecule has 4 saturated carbocycles. The molecule has 4 fully saturated rings. The Morgan fingerprint density at radius 1 is 0.922 bits per heavy atom. The molecular weight excluding hydrogens is 646 g/mol. The summed E-state index contributed by atoms with van der Waals surface area (Å²) in [5, 5.41) is 22.4. The fraction of sp³-hybridized carbons (Fsp3) is 0.833. The van der Waals surface area contributed by atoms with Crippen LogP contribution in [0.2, 0.25) is 0 Å². The number of carboxylic acid groups (broad SMARTS) is 2. The maximum absolute atomic E-state index is 14.8. The number of esters is 1. The first kappa shape index (κ1) is 39.5. The van der Waals surface area contributed by atoms with Crippen molar-refractivity contribution in [1.82, 2.24) is 5.32 Å². The third-order valence-corrected chi connectivity index (χ3v) is 15.8. The van der Waals surface area contributed by atoms with E-state index in [0.29, 0.717) is 25.7 Å². The zero-order valence-corrected chi connectivity index (χ0v) is 33.2. The molecule has 9 heteroatoms. The number of rotatable bonds is 9. The number of aliphatic carboxylic acids is 2. The summed E-state index contributed by atoms with van der Waals surface area (Å²) < 4.78 is 6.08. The molecule has 0 aromatic rings. The molecule has 0 bridgehead atoms. The van der Waals surface area contributed by atoms with Gasteiger partial charge in [0.15, 0.2) is 5.78 Å². The second-order valence-corrected chi connectivity index (χ2v) is 20.5. The Hall–Kier alpha value is -2.71. The van der Waals surface area contributed by atoms with Crippen LogP contribution in [0.4, 0.5) is 0 Å². The average molecular weight is 712 g/mol. The molecule has 5 aliphatic carbocycles. The van der Waals surface area contributed by atoms with E-state index in [9.17, 15) is 34.2 Å². The Morgan fingerprint density at radius 2 is 1.55 bits per heavy atom. The molecule has 5 aliphatic rings. The van der Waals surface area contributed by atoms with E-state index in [4.69, 9.17) is 4.74 Å². The van der Waals surface area contributed by atoms with Crippen molar-refractivity contribution in [2.24, 2.45) is 61.6 Å². The van der Waals surface area contributed by atoms with Crippen molar-refractivity contribution in [1.29, 1.82) is 0 Å². The topological polar surface area (TPSA) is 147 Å². The predicted molar refractivity (Wildman–Crippen MR) is 194 cm³/mol. The van der Waals surface area contributed by atoms with Crippen LogP contribution < -0.4 is 5.32 Å². The standard InChI is InChI=1S/C42H65NO8/c1-24(2)20-27(33(46)47)43-34(48)39(8)17-16-38(7)18-19-41(10)25(26(38)22-39)21-28(44)32-40(9)14-13-30(51-31(45)23-36(3,4)35(49)50)37(5,6)29(40)12-15-42(32,41)11/h21,24,26-27,29-30,32H,12-20,22-23H2,1-11H3,(H,43,48)(H,46,47)(H,49,50)/t26-,27-,29-,30-,32+,38+,39-,40-,41+,42+/m0/s1. The van der Waals surface area contributed by atoms with Crippen LogP contribution >= 0.6 is 0 Å². The first-order valence-corrected chi connectivity index (χ1v) is 19.5. The maximum atomic E-state index is 14.8. The number of carbonyl (C=O) groups is 5. The summed E-state index contributed by atoms with van der Waals surface area (Å²) in [5.74, 6) is -2.44. The van der Waals surface area contributed by atoms with Crippen LogP contribution in [0.15, 0.2) is 11.6 Å². The quantitative estimate of drug-likeness (QED) is 0.204. The summed E-state index contributed by atoms with van der Waals surface area (Å²) in [6, 6.07) is -0.926. The van der Waals surface area contributed by atoms with E-state index >= 15 is 0 Å². The van der Waals surface area contributed by atoms with Gasteiger partial charge in [0.25, 0.3) is 0 Å². The number of nitrogens with one attached hydrogen (secondary N) is 1. The van der Waals surface area contributed by atoms with Gasteiger partial charge in [0.05, 0.1) is 11.8 Å². The first-order chi connectivity index (χ1) is 23.3. The van der Waals surface area contributed by atoms with Crippen molar-refractivity contribution in [3.05, 3.63) is 11.6 Å². The Kier molecular flexibility index (Phi) is 9.84. The molecule has 0 aromatic carbocycles. The largest absolute Gasteiger partial charge is 0.481 e. The van der Waals surface area contributed by atoms with Gasteiger partial charge in [0.2, 0.25) is 5.91 Å². The number of amides is 1. The highest BCUT2D eigenvalue weighted by Crippen LogP contribution is 2.75. The highest BCUT2D eigenvalue weighted by molar-refractivity contribution is 5.96. The Bertz CT molecular complexity index is 1510. The van der Waals surface area contributed by atoms with Crippen molar-refractivity contribution in [3.63, 3.8) is 0 Å². The molecule has 0 aliphatic heterocycles. The van der Waals surface area contributed by atoms with E-state index in [0.717, 1.165) is 38.5 Å². The smallest absolute Gasteiger partial charge is 0.326 e. The van der Waals surface area contributed by atoms with Crippen molar-refractivity contribution in [3.8, 4) is 0 Å². The molecule has 51 heavy (non-hydrogen) atoms. The number of carboxylic acids is 2. The summed E-state index contributed by atoms with van der Waals surface area (Å²) in [6.45, 7) is 22.6. The minimum absolute atomic E-state index is 0.0427. The van der Waals surface area contributed by atoms with Crippen molar-refractivity contribution < 1.29 is 38.9 Å². The molecule has 0 saturated heterocycles. The van der Waals surface area contributed by atoms with Crippen LogP contribution in [0.25, 0.3) is 0 Å². The molecular formula is C42H65NO8. The van der Waals surface area contributed by atoms with E-state index in [2.05, 4.69) is 46.9 Å². The molecule has 0 radical (unpaired) electrons. The lowest BCUT2D eigenvalue weighted by Gasteiger charge is -2.70. The summed E-state index contributed by atoms with van der Waals surface area (Å²) in [6.07, 6.45) is 9.06. The third-order valence-electron chi connectivity index (χ3n) is 15.8. The van der Waals surface area contributed by atoms with Gasteiger partial charge in [-0.2, -0.15) is 0 Å². The molecule has 10 atom stereocenters. The SMILES string of the molecule is CC(C)C[C@H](NC(=O)[C@@]1(C)CC[C@]2(C)CC[C@]3(C)C(=CC(=O)[C@@H]4[C@@]5(C)CC[C@H](OC(=O)CC(C)(C)C(=O)O)C(C)(C)[C@@H]5CC[C@]43C)[C@@H]2C1)C(=O)O. The number of ether oxygens (including phenoxy) is 1. The number of hydrogen-bond donors (Lipinski definition) is 3. The van der Waals surface area contributed by atoms with Gasteiger partial charge < -0.3 is 20.3 Å². The van der Waals surface area contributed by atoms with Gasteiger partial charge in [-0.15, -0.1) is 0 Å².